The number of nitrogens with one attached hydrogen (secondary N) is 3. The largest absolute Gasteiger partial charge is 0.496 e. The normalized spacial score (nSPS) is 13.6. The van der Waals surface area contributed by atoms with Crippen molar-refractivity contribution in [3.05, 3.63) is 89.1 Å². The summed E-state index contributed by atoms with van der Waals surface area (Å²) in [4.78, 5) is 39.8. The number of fused-ring (bicyclic) bond motifs is 1. The van der Waals surface area contributed by atoms with Gasteiger partial charge in [-0.25, -0.2) is 17.9 Å². The van der Waals surface area contributed by atoms with Gasteiger partial charge in [0.1, 0.15) is 16.7 Å². The first kappa shape index (κ1) is 35.0. The van der Waals surface area contributed by atoms with Crippen LogP contribution in [0.25, 0.3) is 10.9 Å². The molecule has 11 nitrogen and oxygen atoms in total. The smallest absolute Gasteiger partial charge is 0.411 e. The Hall–Kier alpha value is -5.28. The molecule has 3 N–H and O–H groups in total. The van der Waals surface area contributed by atoms with Gasteiger partial charge in [-0.1, -0.05) is 37.0 Å². The molecule has 1 heterocycles. The van der Waals surface area contributed by atoms with Crippen LogP contribution in [0.1, 0.15) is 85.3 Å². The number of hydrogen-bond donors (Lipinski definition) is 3. The fourth-order valence-corrected chi connectivity index (χ4v) is 6.97. The number of amides is 2. The van der Waals surface area contributed by atoms with Crippen LogP contribution in [0.4, 0.5) is 10.5 Å². The lowest BCUT2D eigenvalue weighted by molar-refractivity contribution is -0.141. The number of aromatic amines is 1. The highest BCUT2D eigenvalue weighted by Crippen LogP contribution is 2.37. The monoisotopic (exact) mass is 685 g/mol. The molecule has 5 rings (SSSR count). The minimum Gasteiger partial charge on any atom is -0.496 e. The molecular formula is C37H39N3O8S. The van der Waals surface area contributed by atoms with E-state index in [0.29, 0.717) is 24.3 Å². The summed E-state index contributed by atoms with van der Waals surface area (Å²) >= 11 is 0. The third kappa shape index (κ3) is 8.80. The third-order valence-corrected chi connectivity index (χ3v) is 9.73. The highest BCUT2D eigenvalue weighted by molar-refractivity contribution is 7.90. The molecule has 0 radical (unpaired) electrons. The van der Waals surface area contributed by atoms with Crippen molar-refractivity contribution < 1.29 is 37.0 Å². The first-order chi connectivity index (χ1) is 23.6. The van der Waals surface area contributed by atoms with Crippen LogP contribution < -0.4 is 14.8 Å². The van der Waals surface area contributed by atoms with Crippen LogP contribution in [-0.2, 0) is 24.3 Å². The van der Waals surface area contributed by atoms with Gasteiger partial charge in [0.25, 0.3) is 15.9 Å². The molecule has 0 bridgehead atoms. The zero-order valence-corrected chi connectivity index (χ0v) is 28.4. The highest BCUT2D eigenvalue weighted by atomic mass is 32.2. The molecule has 1 aliphatic carbocycles. The van der Waals surface area contributed by atoms with Crippen LogP contribution in [-0.4, -0.2) is 51.2 Å². The second kappa shape index (κ2) is 15.7. The summed E-state index contributed by atoms with van der Waals surface area (Å²) in [5.74, 6) is 4.73. The van der Waals surface area contributed by atoms with Crippen molar-refractivity contribution in [3.63, 3.8) is 0 Å². The number of benzene rings is 3. The number of hydrogen-bond acceptors (Lipinski definition) is 8. The fourth-order valence-electron chi connectivity index (χ4n) is 5.84. The summed E-state index contributed by atoms with van der Waals surface area (Å²) < 4.78 is 44.9. The molecule has 0 aliphatic heterocycles. The second-order valence-electron chi connectivity index (χ2n) is 11.8. The standard InChI is InChI=1S/C37H39N3O8S/c1-24(32-23-38-33-19-17-28(22-31(32)33)39-37(43)48-29-13-7-8-14-29)30-18-16-27(21-34(30)46-3)36(42)40-49(44,45)35-15-9-6-12-26(35)11-5-4-10-20-47-25(2)41/h6,9,12,15-19,21-24,29,38H,4,7-8,10,13-14,20H2,1-3H3,(H,39,43)(H,40,42). The van der Waals surface area contributed by atoms with Gasteiger partial charge in [0.15, 0.2) is 0 Å². The summed E-state index contributed by atoms with van der Waals surface area (Å²) in [5.41, 5.74) is 3.52. The van der Waals surface area contributed by atoms with Gasteiger partial charge in [-0.15, -0.1) is 0 Å². The van der Waals surface area contributed by atoms with Crippen LogP contribution >= 0.6 is 0 Å². The van der Waals surface area contributed by atoms with Crippen LogP contribution in [0, 0.1) is 11.8 Å². The number of methoxy groups -OCH3 is 1. The number of sulfonamides is 1. The van der Waals surface area contributed by atoms with Crippen LogP contribution in [0.3, 0.4) is 0 Å². The van der Waals surface area contributed by atoms with Crippen molar-refractivity contribution in [1.29, 1.82) is 0 Å². The Kier molecular flexibility index (Phi) is 11.3. The molecule has 1 aliphatic rings. The third-order valence-electron chi connectivity index (χ3n) is 8.34. The van der Waals surface area contributed by atoms with E-state index >= 15 is 0 Å². The maximum absolute atomic E-state index is 13.3. The number of ether oxygens (including phenoxy) is 3. The maximum Gasteiger partial charge on any atom is 0.411 e. The van der Waals surface area contributed by atoms with Crippen molar-refractivity contribution in [2.75, 3.05) is 19.0 Å². The lowest BCUT2D eigenvalue weighted by Gasteiger charge is -2.17. The maximum atomic E-state index is 13.3. The molecule has 0 spiro atoms. The Labute approximate surface area is 285 Å². The average molecular weight is 686 g/mol. The van der Waals surface area contributed by atoms with Crippen molar-refractivity contribution in [2.24, 2.45) is 0 Å². The Morgan fingerprint density at radius 2 is 1.80 bits per heavy atom. The number of esters is 1. The molecule has 256 valence electrons. The van der Waals surface area contributed by atoms with Gasteiger partial charge < -0.3 is 19.2 Å². The van der Waals surface area contributed by atoms with E-state index in [0.717, 1.165) is 47.7 Å². The van der Waals surface area contributed by atoms with Crippen molar-refractivity contribution in [3.8, 4) is 17.6 Å². The zero-order valence-electron chi connectivity index (χ0n) is 27.6. The fraction of sp³-hybridized carbons (Fsp3) is 0.324. The number of unbranched alkanes of at least 4 members (excludes halogenated alkanes) is 1. The van der Waals surface area contributed by atoms with Gasteiger partial charge in [-0.3, -0.25) is 14.9 Å². The van der Waals surface area contributed by atoms with Crippen molar-refractivity contribution >= 4 is 44.6 Å². The Balaban J connectivity index is 1.30. The predicted molar refractivity (Wildman–Crippen MR) is 185 cm³/mol. The van der Waals surface area contributed by atoms with Crippen molar-refractivity contribution in [1.82, 2.24) is 9.71 Å². The molecule has 1 aromatic heterocycles. The van der Waals surface area contributed by atoms with Gasteiger partial charge in [-0.2, -0.15) is 0 Å². The minimum absolute atomic E-state index is 0.0452. The van der Waals surface area contributed by atoms with Gasteiger partial charge in [0.2, 0.25) is 0 Å². The van der Waals surface area contributed by atoms with Crippen LogP contribution in [0.5, 0.6) is 5.75 Å². The molecule has 12 heteroatoms. The molecular weight excluding hydrogens is 646 g/mol. The van der Waals surface area contributed by atoms with Gasteiger partial charge in [0.05, 0.1) is 13.7 Å². The van der Waals surface area contributed by atoms with E-state index in [1.54, 1.807) is 30.3 Å². The van der Waals surface area contributed by atoms with E-state index in [4.69, 9.17) is 14.2 Å². The minimum atomic E-state index is -4.28. The summed E-state index contributed by atoms with van der Waals surface area (Å²) in [7, 11) is -2.79. The first-order valence-electron chi connectivity index (χ1n) is 16.1. The Bertz CT molecular complexity index is 2020. The van der Waals surface area contributed by atoms with E-state index in [-0.39, 0.29) is 40.6 Å². The van der Waals surface area contributed by atoms with Crippen molar-refractivity contribution in [2.45, 2.75) is 69.3 Å². The first-order valence-corrected chi connectivity index (χ1v) is 17.6. The van der Waals surface area contributed by atoms with E-state index in [9.17, 15) is 22.8 Å². The molecule has 4 aromatic rings. The van der Waals surface area contributed by atoms with Crippen LogP contribution in [0.15, 0.2) is 71.8 Å². The molecule has 49 heavy (non-hydrogen) atoms. The summed E-state index contributed by atoms with van der Waals surface area (Å²) in [6.07, 6.45) is 6.17. The Morgan fingerprint density at radius 3 is 2.55 bits per heavy atom. The van der Waals surface area contributed by atoms with Gasteiger partial charge in [0, 0.05) is 58.7 Å². The number of carbonyl (C=O) groups excluding carboxylic acids is 3. The Morgan fingerprint density at radius 1 is 1.02 bits per heavy atom. The number of carbonyl (C=O) groups is 3. The van der Waals surface area contributed by atoms with E-state index in [2.05, 4.69) is 26.9 Å². The zero-order chi connectivity index (χ0) is 35.0. The molecule has 1 saturated carbocycles. The topological polar surface area (TPSA) is 153 Å². The van der Waals surface area contributed by atoms with E-state index < -0.39 is 22.0 Å². The highest BCUT2D eigenvalue weighted by Gasteiger charge is 2.24. The van der Waals surface area contributed by atoms with E-state index in [1.165, 1.54) is 26.2 Å². The SMILES string of the molecule is COc1cc(C(=O)NS(=O)(=O)c2ccccc2C#CCCCOC(C)=O)ccc1C(C)c1c[nH]c2ccc(NC(=O)OC3CCCC3)cc12. The average Bonchev–Trinajstić information content (AvgIpc) is 3.75. The summed E-state index contributed by atoms with van der Waals surface area (Å²) in [5, 5.41) is 3.73. The molecule has 0 saturated heterocycles. The molecule has 1 fully saturated rings. The number of aromatic nitrogens is 1. The lowest BCUT2D eigenvalue weighted by Crippen LogP contribution is -2.31. The quantitative estimate of drug-likeness (QED) is 0.0904. The van der Waals surface area contributed by atoms with Gasteiger partial charge in [-0.05, 0) is 80.1 Å². The molecule has 1 atom stereocenters. The van der Waals surface area contributed by atoms with Crippen LogP contribution in [0.2, 0.25) is 0 Å². The molecule has 3 aromatic carbocycles. The predicted octanol–water partition coefficient (Wildman–Crippen LogP) is 6.63. The molecule has 2 amide bonds. The van der Waals surface area contributed by atoms with Gasteiger partial charge >= 0.3 is 12.1 Å². The second-order valence-corrected chi connectivity index (χ2v) is 13.4. The number of H-pyrrole nitrogens is 1. The molecule has 1 unspecified atom stereocenters. The number of rotatable bonds is 11. The summed E-state index contributed by atoms with van der Waals surface area (Å²) in [6, 6.07) is 16.5. The van der Waals surface area contributed by atoms with E-state index in [1.807, 2.05) is 31.3 Å². The number of anilines is 1. The lowest BCUT2D eigenvalue weighted by atomic mass is 9.91. The summed E-state index contributed by atoms with van der Waals surface area (Å²) in [6.45, 7) is 3.54.